The highest BCUT2D eigenvalue weighted by Gasteiger charge is 2.36. The molecule has 1 amide bonds. The zero-order chi connectivity index (χ0) is 24.7. The highest BCUT2D eigenvalue weighted by atomic mass is 16.6. The molecule has 196 valence electrons. The highest BCUT2D eigenvalue weighted by Crippen LogP contribution is 2.30. The maximum atomic E-state index is 13.0. The number of nitrogens with zero attached hydrogens (tertiary/aromatic N) is 1. The molecule has 0 saturated carbocycles. The van der Waals surface area contributed by atoms with Crippen LogP contribution >= 0.6 is 0 Å². The summed E-state index contributed by atoms with van der Waals surface area (Å²) in [6.45, 7) is 3.62. The lowest BCUT2D eigenvalue weighted by Crippen LogP contribution is -2.40. The van der Waals surface area contributed by atoms with E-state index < -0.39 is 12.1 Å². The summed E-state index contributed by atoms with van der Waals surface area (Å²) >= 11 is 0. The van der Waals surface area contributed by atoms with E-state index in [9.17, 15) is 9.59 Å². The van der Waals surface area contributed by atoms with Crippen LogP contribution in [0.25, 0.3) is 0 Å². The smallest absolute Gasteiger partial charge is 0.410 e. The van der Waals surface area contributed by atoms with Crippen molar-refractivity contribution in [3.63, 3.8) is 0 Å². The summed E-state index contributed by atoms with van der Waals surface area (Å²) in [6.07, 6.45) is 25.5. The molecule has 6 heteroatoms. The predicted octanol–water partition coefficient (Wildman–Crippen LogP) is 6.65. The summed E-state index contributed by atoms with van der Waals surface area (Å²) in [5.74, 6) is -0.438. The number of hydrogen-bond acceptors (Lipinski definition) is 5. The molecule has 0 N–H and O–H groups in total. The maximum absolute atomic E-state index is 13.0. The van der Waals surface area contributed by atoms with Crippen molar-refractivity contribution < 1.29 is 23.8 Å². The summed E-state index contributed by atoms with van der Waals surface area (Å²) in [5, 5.41) is 0. The second kappa shape index (κ2) is 15.8. The number of carbonyl (C=O) groups is 2. The summed E-state index contributed by atoms with van der Waals surface area (Å²) < 4.78 is 17.2. The van der Waals surface area contributed by atoms with Crippen LogP contribution in [0.1, 0.15) is 96.8 Å². The Morgan fingerprint density at radius 2 is 1.86 bits per heavy atom. The van der Waals surface area contributed by atoms with E-state index >= 15 is 0 Å². The van der Waals surface area contributed by atoms with Crippen LogP contribution in [-0.2, 0) is 19.0 Å². The fraction of sp³-hybridized carbons (Fsp3) is 0.724. The molecule has 0 radical (unpaired) electrons. The van der Waals surface area contributed by atoms with Crippen LogP contribution < -0.4 is 0 Å². The Morgan fingerprint density at radius 1 is 1.06 bits per heavy atom. The molecule has 0 bridgehead atoms. The number of epoxide rings is 1. The molecular formula is C29H45NO5. The molecule has 3 heterocycles. The Kier molecular flexibility index (Phi) is 12.4. The first-order valence-corrected chi connectivity index (χ1v) is 14.0. The minimum absolute atomic E-state index is 0.371. The summed E-state index contributed by atoms with van der Waals surface area (Å²) in [5.41, 5.74) is 0. The number of ether oxygens (including phenoxy) is 3. The minimum Gasteiger partial charge on any atom is -0.455 e. The molecule has 0 spiro atoms. The van der Waals surface area contributed by atoms with Gasteiger partial charge in [0.2, 0.25) is 6.10 Å². The number of allylic oxidation sites excluding steroid dienone is 4. The fourth-order valence-corrected chi connectivity index (χ4v) is 4.72. The fourth-order valence-electron chi connectivity index (χ4n) is 4.72. The van der Waals surface area contributed by atoms with Gasteiger partial charge in [-0.2, -0.15) is 0 Å². The topological polar surface area (TPSA) is 68.4 Å². The lowest BCUT2D eigenvalue weighted by atomic mass is 10.1. The molecule has 4 unspecified atom stereocenters. The van der Waals surface area contributed by atoms with Crippen molar-refractivity contribution in [3.05, 3.63) is 36.5 Å². The molecule has 4 atom stereocenters. The molecular weight excluding hydrogens is 442 g/mol. The number of unbranched alkanes of at least 4 members (excludes halogenated alkanes) is 1. The number of cyclic esters (lactones) is 1. The monoisotopic (exact) mass is 487 g/mol. The number of hydrogen-bond donors (Lipinski definition) is 0. The third-order valence-corrected chi connectivity index (χ3v) is 6.98. The Morgan fingerprint density at radius 3 is 2.69 bits per heavy atom. The van der Waals surface area contributed by atoms with Crippen molar-refractivity contribution in [1.82, 2.24) is 4.90 Å². The van der Waals surface area contributed by atoms with Gasteiger partial charge in [-0.05, 0) is 70.3 Å². The van der Waals surface area contributed by atoms with Crippen molar-refractivity contribution in [3.8, 4) is 0 Å². The van der Waals surface area contributed by atoms with Gasteiger partial charge < -0.3 is 19.1 Å². The highest BCUT2D eigenvalue weighted by molar-refractivity contribution is 5.79. The van der Waals surface area contributed by atoms with Crippen molar-refractivity contribution >= 4 is 12.1 Å². The van der Waals surface area contributed by atoms with Gasteiger partial charge in [-0.25, -0.2) is 9.59 Å². The van der Waals surface area contributed by atoms with Crippen LogP contribution in [0, 0.1) is 0 Å². The van der Waals surface area contributed by atoms with Crippen LogP contribution in [0.15, 0.2) is 36.5 Å². The zero-order valence-electron chi connectivity index (χ0n) is 21.6. The van der Waals surface area contributed by atoms with E-state index in [1.807, 2.05) is 18.2 Å². The summed E-state index contributed by atoms with van der Waals surface area (Å²) in [6, 6.07) is 0. The second-order valence-corrected chi connectivity index (χ2v) is 9.99. The van der Waals surface area contributed by atoms with Gasteiger partial charge in [-0.3, -0.25) is 0 Å². The quantitative estimate of drug-likeness (QED) is 0.158. The van der Waals surface area contributed by atoms with Crippen molar-refractivity contribution in [2.24, 2.45) is 0 Å². The minimum atomic E-state index is -0.835. The van der Waals surface area contributed by atoms with Crippen LogP contribution in [0.2, 0.25) is 0 Å². The molecule has 6 nitrogen and oxygen atoms in total. The van der Waals surface area contributed by atoms with E-state index in [-0.39, 0.29) is 12.2 Å². The molecule has 35 heavy (non-hydrogen) atoms. The van der Waals surface area contributed by atoms with E-state index in [0.717, 1.165) is 57.8 Å². The molecule has 0 aliphatic carbocycles. The Labute approximate surface area is 211 Å². The zero-order valence-corrected chi connectivity index (χ0v) is 21.6. The Hall–Kier alpha value is -2.08. The lowest BCUT2D eigenvalue weighted by molar-refractivity contribution is -0.158. The second-order valence-electron chi connectivity index (χ2n) is 9.99. The third-order valence-electron chi connectivity index (χ3n) is 6.98. The maximum Gasteiger partial charge on any atom is 0.410 e. The molecule has 2 saturated heterocycles. The normalized spacial score (nSPS) is 29.4. The number of likely N-dealkylation sites (tertiary alicyclic amines) is 1. The first-order valence-electron chi connectivity index (χ1n) is 14.0. The van der Waals surface area contributed by atoms with Crippen LogP contribution in [0.5, 0.6) is 0 Å². The van der Waals surface area contributed by atoms with Gasteiger partial charge in [0.05, 0.1) is 12.2 Å². The van der Waals surface area contributed by atoms with E-state index in [1.54, 1.807) is 4.90 Å². The van der Waals surface area contributed by atoms with Gasteiger partial charge in [0.25, 0.3) is 0 Å². The van der Waals surface area contributed by atoms with E-state index in [4.69, 9.17) is 14.2 Å². The van der Waals surface area contributed by atoms with E-state index in [1.165, 1.54) is 19.3 Å². The van der Waals surface area contributed by atoms with Crippen molar-refractivity contribution in [1.29, 1.82) is 0 Å². The standard InChI is InChI=1S/C29H45NO5/c1-2-3-19-25-26(34-25)20-13-9-8-12-18-24-17-11-6-4-5-7-14-21-27(28(31)33-24)35-29(32)30-22-15-10-16-23-30/h6,8-9,11-12,18,24-27H,2-5,7,10,13-17,19-23H2,1H3/b9-8?,11-6-,18-12?. The van der Waals surface area contributed by atoms with Gasteiger partial charge in [-0.15, -0.1) is 0 Å². The van der Waals surface area contributed by atoms with Crippen molar-refractivity contribution in [2.75, 3.05) is 13.1 Å². The average Bonchev–Trinajstić information content (AvgIpc) is 3.62. The summed E-state index contributed by atoms with van der Waals surface area (Å²) in [7, 11) is 0. The number of esters is 1. The number of rotatable bonds is 9. The number of amides is 1. The van der Waals surface area contributed by atoms with Crippen LogP contribution in [-0.4, -0.2) is 54.5 Å². The van der Waals surface area contributed by atoms with Gasteiger partial charge >= 0.3 is 12.1 Å². The van der Waals surface area contributed by atoms with Gasteiger partial charge in [0.15, 0.2) is 0 Å². The lowest BCUT2D eigenvalue weighted by Gasteiger charge is -2.28. The van der Waals surface area contributed by atoms with Gasteiger partial charge in [0.1, 0.15) is 6.10 Å². The number of piperidine rings is 1. The largest absolute Gasteiger partial charge is 0.455 e. The molecule has 3 aliphatic heterocycles. The van der Waals surface area contributed by atoms with Crippen LogP contribution in [0.3, 0.4) is 0 Å². The van der Waals surface area contributed by atoms with E-state index in [0.29, 0.717) is 38.1 Å². The molecule has 0 aromatic rings. The molecule has 2 fully saturated rings. The first kappa shape index (κ1) is 27.5. The van der Waals surface area contributed by atoms with E-state index in [2.05, 4.69) is 25.2 Å². The molecule has 3 aliphatic rings. The molecule has 3 rings (SSSR count). The van der Waals surface area contributed by atoms with Gasteiger partial charge in [0, 0.05) is 19.5 Å². The molecule has 0 aromatic heterocycles. The van der Waals surface area contributed by atoms with Gasteiger partial charge in [-0.1, -0.05) is 56.6 Å². The van der Waals surface area contributed by atoms with Crippen LogP contribution in [0.4, 0.5) is 4.79 Å². The van der Waals surface area contributed by atoms with Crippen molar-refractivity contribution in [2.45, 2.75) is 121 Å². The first-order chi connectivity index (χ1) is 17.2. The summed E-state index contributed by atoms with van der Waals surface area (Å²) in [4.78, 5) is 27.3. The predicted molar refractivity (Wildman–Crippen MR) is 138 cm³/mol. The number of carbonyl (C=O) groups excluding carboxylic acids is 2. The SMILES string of the molecule is CCCCC1OC1CCC=CC=CC1C/C=C\CCCCCC(OC(=O)N2CCCCC2)C(=O)O1. The molecule has 0 aromatic carbocycles. The third kappa shape index (κ3) is 10.6. The average molecular weight is 488 g/mol. The Balaban J connectivity index is 1.48. The Bertz CT molecular complexity index is 725.